The molecule has 0 spiro atoms. The van der Waals surface area contributed by atoms with Crippen LogP contribution in [0.25, 0.3) is 11.2 Å². The monoisotopic (exact) mass is 270 g/mol. The van der Waals surface area contributed by atoms with E-state index in [0.717, 1.165) is 29.7 Å². The molecule has 0 radical (unpaired) electrons. The van der Waals surface area contributed by atoms with Gasteiger partial charge in [0.15, 0.2) is 10.4 Å². The van der Waals surface area contributed by atoms with E-state index in [2.05, 4.69) is 23.6 Å². The third-order valence-electron chi connectivity index (χ3n) is 2.64. The number of rotatable bonds is 4. The van der Waals surface area contributed by atoms with Crippen molar-refractivity contribution in [1.29, 1.82) is 0 Å². The predicted octanol–water partition coefficient (Wildman–Crippen LogP) is 3.14. The number of nitrogens with one attached hydrogen (secondary N) is 1. The SMILES string of the molecule is C=C(Cl)Cn1c(=S)[nH]c2c(CCC)nn(C)c21. The summed E-state index contributed by atoms with van der Waals surface area (Å²) in [5, 5.41) is 5.05. The molecule has 0 unspecified atom stereocenters. The maximum Gasteiger partial charge on any atom is 0.179 e. The minimum atomic E-state index is 0.505. The molecule has 2 aromatic rings. The molecule has 2 rings (SSSR count). The van der Waals surface area contributed by atoms with Gasteiger partial charge in [-0.05, 0) is 18.6 Å². The van der Waals surface area contributed by atoms with Crippen molar-refractivity contribution in [2.45, 2.75) is 26.3 Å². The van der Waals surface area contributed by atoms with Gasteiger partial charge >= 0.3 is 0 Å². The van der Waals surface area contributed by atoms with E-state index in [9.17, 15) is 0 Å². The third-order valence-corrected chi connectivity index (χ3v) is 3.08. The lowest BCUT2D eigenvalue weighted by molar-refractivity contribution is 0.706. The van der Waals surface area contributed by atoms with E-state index >= 15 is 0 Å². The quantitative estimate of drug-likeness (QED) is 0.867. The summed E-state index contributed by atoms with van der Waals surface area (Å²) in [7, 11) is 1.91. The first-order chi connectivity index (χ1) is 8.04. The Kier molecular flexibility index (Phi) is 3.40. The number of halogens is 1. The molecule has 0 fully saturated rings. The van der Waals surface area contributed by atoms with E-state index < -0.39 is 0 Å². The fraction of sp³-hybridized carbons (Fsp3) is 0.455. The molecular formula is C11H15ClN4S. The Bertz CT molecular complexity index is 619. The molecule has 0 saturated carbocycles. The van der Waals surface area contributed by atoms with Gasteiger partial charge in [-0.3, -0.25) is 9.25 Å². The molecule has 17 heavy (non-hydrogen) atoms. The van der Waals surface area contributed by atoms with Crippen molar-refractivity contribution < 1.29 is 0 Å². The number of fused-ring (bicyclic) bond motifs is 1. The van der Waals surface area contributed by atoms with Crippen LogP contribution in [0.2, 0.25) is 0 Å². The van der Waals surface area contributed by atoms with E-state index in [-0.39, 0.29) is 0 Å². The second-order valence-electron chi connectivity index (χ2n) is 4.05. The molecule has 2 heterocycles. The highest BCUT2D eigenvalue weighted by atomic mass is 35.5. The number of nitrogens with zero attached hydrogens (tertiary/aromatic N) is 3. The number of aryl methyl sites for hydroxylation is 2. The first-order valence-electron chi connectivity index (χ1n) is 5.52. The number of imidazole rings is 1. The Morgan fingerprint density at radius 1 is 1.59 bits per heavy atom. The van der Waals surface area contributed by atoms with Gasteiger partial charge in [0.2, 0.25) is 0 Å². The van der Waals surface area contributed by atoms with Gasteiger partial charge in [0.05, 0.1) is 12.2 Å². The number of H-pyrrole nitrogens is 1. The highest BCUT2D eigenvalue weighted by Gasteiger charge is 2.14. The summed E-state index contributed by atoms with van der Waals surface area (Å²) in [5.74, 6) is 0. The van der Waals surface area contributed by atoms with Crippen molar-refractivity contribution in [1.82, 2.24) is 19.3 Å². The standard InChI is InChI=1S/C11H15ClN4S/c1-4-5-8-9-10(15(3)14-8)16(6-7(2)12)11(17)13-9/h2,4-6H2,1,3H3,(H,13,17). The summed E-state index contributed by atoms with van der Waals surface area (Å²) in [6, 6.07) is 0. The molecule has 0 bridgehead atoms. The molecule has 92 valence electrons. The van der Waals surface area contributed by atoms with Crippen LogP contribution < -0.4 is 0 Å². The average molecular weight is 271 g/mol. The highest BCUT2D eigenvalue weighted by molar-refractivity contribution is 7.71. The second-order valence-corrected chi connectivity index (χ2v) is 4.97. The van der Waals surface area contributed by atoms with E-state index in [1.807, 2.05) is 16.3 Å². The van der Waals surface area contributed by atoms with Crippen molar-refractivity contribution in [2.24, 2.45) is 7.05 Å². The van der Waals surface area contributed by atoms with E-state index in [0.29, 0.717) is 16.3 Å². The number of allylic oxidation sites excluding steroid dienone is 1. The number of hydrogen-bond donors (Lipinski definition) is 1. The van der Waals surface area contributed by atoms with Crippen LogP contribution in [0.1, 0.15) is 19.0 Å². The van der Waals surface area contributed by atoms with Gasteiger partial charge in [0, 0.05) is 12.1 Å². The van der Waals surface area contributed by atoms with Crippen molar-refractivity contribution in [3.05, 3.63) is 22.1 Å². The molecule has 0 aliphatic heterocycles. The summed E-state index contributed by atoms with van der Waals surface area (Å²) >= 11 is 11.2. The molecule has 1 N–H and O–H groups in total. The molecule has 0 aliphatic rings. The summed E-state index contributed by atoms with van der Waals surface area (Å²) in [6.45, 7) is 6.34. The molecule has 0 aliphatic carbocycles. The largest absolute Gasteiger partial charge is 0.328 e. The predicted molar refractivity (Wildman–Crippen MR) is 72.9 cm³/mol. The van der Waals surface area contributed by atoms with Crippen LogP contribution in [-0.2, 0) is 20.0 Å². The summed E-state index contributed by atoms with van der Waals surface area (Å²) < 4.78 is 4.42. The van der Waals surface area contributed by atoms with Gasteiger partial charge in [-0.15, -0.1) is 0 Å². The van der Waals surface area contributed by atoms with Crippen LogP contribution in [0.15, 0.2) is 11.6 Å². The smallest absolute Gasteiger partial charge is 0.179 e. The van der Waals surface area contributed by atoms with Crippen molar-refractivity contribution in [3.8, 4) is 0 Å². The average Bonchev–Trinajstić information content (AvgIpc) is 2.69. The molecule has 0 atom stereocenters. The molecule has 4 nitrogen and oxygen atoms in total. The van der Waals surface area contributed by atoms with Gasteiger partial charge in [0.25, 0.3) is 0 Å². The minimum Gasteiger partial charge on any atom is -0.328 e. The zero-order chi connectivity index (χ0) is 12.6. The third kappa shape index (κ3) is 2.17. The maximum absolute atomic E-state index is 5.86. The van der Waals surface area contributed by atoms with Gasteiger partial charge in [-0.1, -0.05) is 31.5 Å². The normalized spacial score (nSPS) is 11.2. The van der Waals surface area contributed by atoms with E-state index in [1.165, 1.54) is 0 Å². The van der Waals surface area contributed by atoms with Crippen molar-refractivity contribution in [3.63, 3.8) is 0 Å². The van der Waals surface area contributed by atoms with Crippen LogP contribution in [0.4, 0.5) is 0 Å². The minimum absolute atomic E-state index is 0.505. The first kappa shape index (κ1) is 12.4. The van der Waals surface area contributed by atoms with Gasteiger partial charge in [0.1, 0.15) is 5.52 Å². The zero-order valence-corrected chi connectivity index (χ0v) is 11.5. The zero-order valence-electron chi connectivity index (χ0n) is 9.96. The molecule has 0 saturated heterocycles. The van der Waals surface area contributed by atoms with Crippen LogP contribution >= 0.6 is 23.8 Å². The number of aromatic nitrogens is 4. The van der Waals surface area contributed by atoms with Crippen LogP contribution in [-0.4, -0.2) is 19.3 Å². The number of hydrogen-bond acceptors (Lipinski definition) is 2. The lowest BCUT2D eigenvalue weighted by atomic mass is 10.2. The van der Waals surface area contributed by atoms with Gasteiger partial charge in [-0.25, -0.2) is 0 Å². The Hall–Kier alpha value is -1.07. The summed E-state index contributed by atoms with van der Waals surface area (Å²) in [6.07, 6.45) is 1.99. The first-order valence-corrected chi connectivity index (χ1v) is 6.30. The topological polar surface area (TPSA) is 38.5 Å². The lowest BCUT2D eigenvalue weighted by Gasteiger charge is -2.02. The summed E-state index contributed by atoms with van der Waals surface area (Å²) in [4.78, 5) is 3.20. The summed E-state index contributed by atoms with van der Waals surface area (Å²) in [5.41, 5.74) is 3.03. The van der Waals surface area contributed by atoms with Crippen molar-refractivity contribution in [2.75, 3.05) is 0 Å². The second kappa shape index (κ2) is 4.66. The van der Waals surface area contributed by atoms with E-state index in [1.54, 1.807) is 0 Å². The molecular weight excluding hydrogens is 256 g/mol. The molecule has 0 amide bonds. The fourth-order valence-electron chi connectivity index (χ4n) is 2.01. The Labute approximate surface area is 110 Å². The number of aromatic amines is 1. The lowest BCUT2D eigenvalue weighted by Crippen LogP contribution is -2.03. The fourth-order valence-corrected chi connectivity index (χ4v) is 2.38. The van der Waals surface area contributed by atoms with Crippen molar-refractivity contribution >= 4 is 35.0 Å². The van der Waals surface area contributed by atoms with Crippen LogP contribution in [0, 0.1) is 4.77 Å². The Morgan fingerprint density at radius 2 is 2.29 bits per heavy atom. The van der Waals surface area contributed by atoms with E-state index in [4.69, 9.17) is 23.8 Å². The molecule has 0 aromatic carbocycles. The van der Waals surface area contributed by atoms with Gasteiger partial charge < -0.3 is 4.98 Å². The Morgan fingerprint density at radius 3 is 2.88 bits per heavy atom. The van der Waals surface area contributed by atoms with Crippen LogP contribution in [0.5, 0.6) is 0 Å². The Balaban J connectivity index is 2.65. The highest BCUT2D eigenvalue weighted by Crippen LogP contribution is 2.20. The van der Waals surface area contributed by atoms with Crippen LogP contribution in [0.3, 0.4) is 0 Å². The maximum atomic E-state index is 5.86. The van der Waals surface area contributed by atoms with Gasteiger partial charge in [-0.2, -0.15) is 5.10 Å². The molecule has 2 aromatic heterocycles. The molecule has 6 heteroatoms.